The summed E-state index contributed by atoms with van der Waals surface area (Å²) in [7, 11) is 0. The molecule has 0 fully saturated rings. The van der Waals surface area contributed by atoms with Crippen LogP contribution in [-0.4, -0.2) is 21.6 Å². The van der Waals surface area contributed by atoms with Crippen molar-refractivity contribution in [3.05, 3.63) is 29.8 Å². The molecule has 1 aromatic carbocycles. The zero-order chi connectivity index (χ0) is 13.1. The van der Waals surface area contributed by atoms with Crippen LogP contribution in [0.4, 0.5) is 4.39 Å². The predicted molar refractivity (Wildman–Crippen MR) is 77.0 cm³/mol. The van der Waals surface area contributed by atoms with Crippen molar-refractivity contribution < 1.29 is 4.39 Å². The molecule has 5 heteroatoms. The van der Waals surface area contributed by atoms with Crippen LogP contribution in [0.3, 0.4) is 0 Å². The number of aromatic nitrogens is 2. The first-order chi connectivity index (χ1) is 8.72. The topological polar surface area (TPSA) is 17.8 Å². The van der Waals surface area contributed by atoms with Crippen LogP contribution in [0.5, 0.6) is 0 Å². The van der Waals surface area contributed by atoms with E-state index in [1.807, 2.05) is 6.07 Å². The summed E-state index contributed by atoms with van der Waals surface area (Å²) in [4.78, 5) is 4.33. The van der Waals surface area contributed by atoms with Gasteiger partial charge in [0.05, 0.1) is 11.4 Å². The summed E-state index contributed by atoms with van der Waals surface area (Å²) < 4.78 is 15.8. The van der Waals surface area contributed by atoms with Crippen LogP contribution in [0.25, 0.3) is 11.0 Å². The van der Waals surface area contributed by atoms with E-state index in [0.717, 1.165) is 23.5 Å². The number of hydrogen-bond acceptors (Lipinski definition) is 2. The molecule has 18 heavy (non-hydrogen) atoms. The molecule has 0 spiro atoms. The lowest BCUT2D eigenvalue weighted by Gasteiger charge is -2.18. The molecule has 0 bridgehead atoms. The molecule has 98 valence electrons. The molecule has 1 atom stereocenters. The molecule has 2 nitrogen and oxygen atoms in total. The molecule has 2 aromatic rings. The Morgan fingerprint density at radius 2 is 2.28 bits per heavy atom. The van der Waals surface area contributed by atoms with Crippen LogP contribution in [-0.2, 0) is 5.88 Å². The summed E-state index contributed by atoms with van der Waals surface area (Å²) in [5.74, 6) is 1.75. The zero-order valence-electron chi connectivity index (χ0n) is 10.5. The largest absolute Gasteiger partial charge is 0.323 e. The van der Waals surface area contributed by atoms with E-state index in [1.165, 1.54) is 6.07 Å². The number of thioether (sulfide) groups is 1. The molecule has 1 aromatic heterocycles. The van der Waals surface area contributed by atoms with Crippen LogP contribution < -0.4 is 0 Å². The SMILES string of the molecule is CCC(CSC)n1c(CCl)nc2c(F)cccc21. The van der Waals surface area contributed by atoms with Crippen molar-refractivity contribution in [1.29, 1.82) is 0 Å². The highest BCUT2D eigenvalue weighted by Crippen LogP contribution is 2.27. The van der Waals surface area contributed by atoms with Crippen molar-refractivity contribution in [2.24, 2.45) is 0 Å². The van der Waals surface area contributed by atoms with Crippen molar-refractivity contribution in [2.75, 3.05) is 12.0 Å². The van der Waals surface area contributed by atoms with E-state index >= 15 is 0 Å². The number of fused-ring (bicyclic) bond motifs is 1. The van der Waals surface area contributed by atoms with E-state index in [1.54, 1.807) is 17.8 Å². The van der Waals surface area contributed by atoms with Gasteiger partial charge >= 0.3 is 0 Å². The summed E-state index contributed by atoms with van der Waals surface area (Å²) in [5.41, 5.74) is 1.26. The van der Waals surface area contributed by atoms with E-state index in [4.69, 9.17) is 11.6 Å². The van der Waals surface area contributed by atoms with Crippen molar-refractivity contribution in [3.63, 3.8) is 0 Å². The Balaban J connectivity index is 2.62. The minimum Gasteiger partial charge on any atom is -0.323 e. The Bertz CT molecular complexity index is 541. The predicted octanol–water partition coefficient (Wildman–Crippen LogP) is 4.23. The molecule has 0 amide bonds. The second-order valence-electron chi connectivity index (χ2n) is 4.16. The van der Waals surface area contributed by atoms with Gasteiger partial charge in [-0.3, -0.25) is 0 Å². The van der Waals surface area contributed by atoms with Gasteiger partial charge in [0.25, 0.3) is 0 Å². The number of alkyl halides is 1. The maximum atomic E-state index is 13.7. The maximum Gasteiger partial charge on any atom is 0.151 e. The summed E-state index contributed by atoms with van der Waals surface area (Å²) >= 11 is 7.72. The molecule has 2 rings (SSSR count). The molecule has 0 N–H and O–H groups in total. The molecule has 0 saturated heterocycles. The highest BCUT2D eigenvalue weighted by Gasteiger charge is 2.18. The van der Waals surface area contributed by atoms with Gasteiger partial charge in [-0.25, -0.2) is 9.37 Å². The molecule has 0 saturated carbocycles. The Kier molecular flexibility index (Phi) is 4.51. The Hall–Kier alpha value is -0.740. The van der Waals surface area contributed by atoms with E-state index in [0.29, 0.717) is 17.4 Å². The average Bonchev–Trinajstić information content (AvgIpc) is 2.76. The van der Waals surface area contributed by atoms with Crippen LogP contribution in [0, 0.1) is 5.82 Å². The van der Waals surface area contributed by atoms with E-state index < -0.39 is 0 Å². The highest BCUT2D eigenvalue weighted by atomic mass is 35.5. The smallest absolute Gasteiger partial charge is 0.151 e. The first-order valence-corrected chi connectivity index (χ1v) is 7.86. The lowest BCUT2D eigenvalue weighted by atomic mass is 10.2. The maximum absolute atomic E-state index is 13.7. The first kappa shape index (κ1) is 13.7. The average molecular weight is 287 g/mol. The number of para-hydroxylation sites is 1. The van der Waals surface area contributed by atoms with Gasteiger partial charge in [0.15, 0.2) is 5.82 Å². The number of nitrogens with zero attached hydrogens (tertiary/aromatic N) is 2. The van der Waals surface area contributed by atoms with Crippen LogP contribution >= 0.6 is 23.4 Å². The fourth-order valence-corrected chi connectivity index (χ4v) is 3.16. The molecule has 0 aliphatic heterocycles. The van der Waals surface area contributed by atoms with Crippen LogP contribution in [0.1, 0.15) is 25.2 Å². The van der Waals surface area contributed by atoms with Gasteiger partial charge < -0.3 is 4.57 Å². The normalized spacial score (nSPS) is 13.1. The van der Waals surface area contributed by atoms with Gasteiger partial charge in [-0.15, -0.1) is 11.6 Å². The lowest BCUT2D eigenvalue weighted by molar-refractivity contribution is 0.538. The van der Waals surface area contributed by atoms with Gasteiger partial charge in [-0.2, -0.15) is 11.8 Å². The molecule has 0 radical (unpaired) electrons. The van der Waals surface area contributed by atoms with Gasteiger partial charge in [0, 0.05) is 11.8 Å². The monoisotopic (exact) mass is 286 g/mol. The van der Waals surface area contributed by atoms with Gasteiger partial charge in [-0.05, 0) is 24.8 Å². The zero-order valence-corrected chi connectivity index (χ0v) is 12.1. The summed E-state index contributed by atoms with van der Waals surface area (Å²) in [6.07, 6.45) is 3.05. The van der Waals surface area contributed by atoms with Crippen molar-refractivity contribution in [3.8, 4) is 0 Å². The van der Waals surface area contributed by atoms with Crippen molar-refractivity contribution in [2.45, 2.75) is 25.3 Å². The van der Waals surface area contributed by atoms with Crippen molar-refractivity contribution in [1.82, 2.24) is 9.55 Å². The molecule has 0 aliphatic carbocycles. The minimum absolute atomic E-state index is 0.281. The number of halogens is 2. The molecular weight excluding hydrogens is 271 g/mol. The fraction of sp³-hybridized carbons (Fsp3) is 0.462. The summed E-state index contributed by atoms with van der Waals surface area (Å²) in [6, 6.07) is 5.37. The van der Waals surface area contributed by atoms with E-state index in [9.17, 15) is 4.39 Å². The first-order valence-electron chi connectivity index (χ1n) is 5.93. The number of rotatable bonds is 5. The Morgan fingerprint density at radius 3 is 2.89 bits per heavy atom. The standard InChI is InChI=1S/C13H16ClFN2S/c1-3-9(8-18-2)17-11-6-4-5-10(15)13(11)16-12(17)7-14/h4-6,9H,3,7-8H2,1-2H3. The van der Waals surface area contributed by atoms with Gasteiger partial charge in [0.2, 0.25) is 0 Å². The second kappa shape index (κ2) is 5.93. The number of imidazole rings is 1. The number of benzene rings is 1. The fourth-order valence-electron chi connectivity index (χ4n) is 2.20. The van der Waals surface area contributed by atoms with Crippen molar-refractivity contribution >= 4 is 34.4 Å². The summed E-state index contributed by atoms with van der Waals surface area (Å²) in [5, 5.41) is 0. The third kappa shape index (κ3) is 2.36. The van der Waals surface area contributed by atoms with E-state index in [-0.39, 0.29) is 5.82 Å². The van der Waals surface area contributed by atoms with Gasteiger partial charge in [-0.1, -0.05) is 13.0 Å². The van der Waals surface area contributed by atoms with Gasteiger partial charge in [0.1, 0.15) is 11.3 Å². The minimum atomic E-state index is -0.281. The van der Waals surface area contributed by atoms with E-state index in [2.05, 4.69) is 22.7 Å². The molecule has 1 unspecified atom stereocenters. The molecule has 0 aliphatic rings. The Labute approximate surface area is 116 Å². The molecule has 1 heterocycles. The summed E-state index contributed by atoms with van der Waals surface area (Å²) in [6.45, 7) is 2.13. The lowest BCUT2D eigenvalue weighted by Crippen LogP contribution is -2.13. The third-order valence-electron chi connectivity index (χ3n) is 3.06. The van der Waals surface area contributed by atoms with Crippen LogP contribution in [0.15, 0.2) is 18.2 Å². The highest BCUT2D eigenvalue weighted by molar-refractivity contribution is 7.98. The second-order valence-corrected chi connectivity index (χ2v) is 5.33. The number of hydrogen-bond donors (Lipinski definition) is 0. The third-order valence-corrected chi connectivity index (χ3v) is 4.02. The van der Waals surface area contributed by atoms with Crippen LogP contribution in [0.2, 0.25) is 0 Å². The molecular formula is C13H16ClFN2S. The Morgan fingerprint density at radius 1 is 1.50 bits per heavy atom. The quantitative estimate of drug-likeness (QED) is 0.766.